The molecule has 0 saturated heterocycles. The summed E-state index contributed by atoms with van der Waals surface area (Å²) < 4.78 is 4.92. The van der Waals surface area contributed by atoms with Gasteiger partial charge in [0, 0.05) is 19.1 Å². The summed E-state index contributed by atoms with van der Waals surface area (Å²) in [6.45, 7) is 7.97. The fourth-order valence-electron chi connectivity index (χ4n) is 2.30. The van der Waals surface area contributed by atoms with Crippen LogP contribution in [-0.2, 0) is 9.53 Å². The van der Waals surface area contributed by atoms with Gasteiger partial charge in [-0.25, -0.2) is 0 Å². The van der Waals surface area contributed by atoms with Gasteiger partial charge in [0.2, 0.25) is 0 Å². The molecule has 1 unspecified atom stereocenters. The highest BCUT2D eigenvalue weighted by Gasteiger charge is 2.40. The van der Waals surface area contributed by atoms with E-state index in [9.17, 15) is 4.79 Å². The van der Waals surface area contributed by atoms with Crippen LogP contribution >= 0.6 is 0 Å². The molecule has 1 fully saturated rings. The number of hydrogen-bond acceptors (Lipinski definition) is 4. The molecule has 0 aliphatic heterocycles. The molecule has 17 heavy (non-hydrogen) atoms. The summed E-state index contributed by atoms with van der Waals surface area (Å²) >= 11 is 0. The predicted octanol–water partition coefficient (Wildman–Crippen LogP) is 1.26. The van der Waals surface area contributed by atoms with Crippen molar-refractivity contribution >= 4 is 5.97 Å². The largest absolute Gasteiger partial charge is 0.468 e. The molecule has 0 radical (unpaired) electrons. The zero-order valence-corrected chi connectivity index (χ0v) is 11.7. The van der Waals surface area contributed by atoms with Crippen LogP contribution in [0.4, 0.5) is 0 Å². The number of esters is 1. The lowest BCUT2D eigenvalue weighted by Crippen LogP contribution is -2.57. The molecule has 1 aliphatic rings. The Balaban J connectivity index is 2.58. The van der Waals surface area contributed by atoms with Crippen LogP contribution in [0.1, 0.15) is 33.6 Å². The minimum atomic E-state index is -0.584. The van der Waals surface area contributed by atoms with Crippen molar-refractivity contribution in [2.75, 3.05) is 27.2 Å². The normalized spacial score (nSPS) is 19.5. The highest BCUT2D eigenvalue weighted by molar-refractivity contribution is 5.80. The molecule has 0 spiro atoms. The van der Waals surface area contributed by atoms with Crippen molar-refractivity contribution in [3.05, 3.63) is 0 Å². The Labute approximate surface area is 105 Å². The average molecular weight is 242 g/mol. The van der Waals surface area contributed by atoms with E-state index in [0.717, 1.165) is 6.54 Å². The molecule has 1 N–H and O–H groups in total. The molecule has 0 heterocycles. The first-order valence-electron chi connectivity index (χ1n) is 6.42. The molecule has 100 valence electrons. The minimum Gasteiger partial charge on any atom is -0.468 e. The summed E-state index contributed by atoms with van der Waals surface area (Å²) in [5.41, 5.74) is -0.584. The van der Waals surface area contributed by atoms with Gasteiger partial charge >= 0.3 is 5.97 Å². The molecular weight excluding hydrogens is 216 g/mol. The van der Waals surface area contributed by atoms with E-state index in [4.69, 9.17) is 4.74 Å². The molecule has 4 nitrogen and oxygen atoms in total. The molecule has 0 aromatic rings. The number of carbonyl (C=O) groups excluding carboxylic acids is 1. The fraction of sp³-hybridized carbons (Fsp3) is 0.923. The molecule has 0 amide bonds. The Bertz CT molecular complexity index is 264. The average Bonchev–Trinajstić information content (AvgIpc) is 2.98. The maximum Gasteiger partial charge on any atom is 0.327 e. The summed E-state index contributed by atoms with van der Waals surface area (Å²) in [5.74, 6) is 0.433. The van der Waals surface area contributed by atoms with Crippen LogP contribution in [0.2, 0.25) is 0 Å². The van der Waals surface area contributed by atoms with Crippen LogP contribution in [0.15, 0.2) is 0 Å². The second kappa shape index (κ2) is 5.83. The third-order valence-corrected chi connectivity index (χ3v) is 3.00. The van der Waals surface area contributed by atoms with Crippen LogP contribution in [0, 0.1) is 5.92 Å². The Morgan fingerprint density at radius 2 is 2.12 bits per heavy atom. The molecule has 1 atom stereocenters. The van der Waals surface area contributed by atoms with Gasteiger partial charge in [0.15, 0.2) is 0 Å². The van der Waals surface area contributed by atoms with Crippen LogP contribution in [0.25, 0.3) is 0 Å². The van der Waals surface area contributed by atoms with Crippen molar-refractivity contribution in [3.63, 3.8) is 0 Å². The maximum atomic E-state index is 11.9. The lowest BCUT2D eigenvalue weighted by Gasteiger charge is -2.33. The van der Waals surface area contributed by atoms with Gasteiger partial charge < -0.3 is 9.64 Å². The van der Waals surface area contributed by atoms with E-state index < -0.39 is 5.54 Å². The van der Waals surface area contributed by atoms with Gasteiger partial charge in [-0.15, -0.1) is 0 Å². The van der Waals surface area contributed by atoms with Crippen LogP contribution in [0.5, 0.6) is 0 Å². The number of rotatable bonds is 7. The van der Waals surface area contributed by atoms with Gasteiger partial charge in [0.05, 0.1) is 7.11 Å². The van der Waals surface area contributed by atoms with E-state index in [0.29, 0.717) is 18.5 Å². The van der Waals surface area contributed by atoms with Crippen LogP contribution in [-0.4, -0.2) is 49.7 Å². The second-order valence-corrected chi connectivity index (χ2v) is 5.83. The number of likely N-dealkylation sites (N-methyl/N-ethyl adjacent to an activating group) is 1. The Hall–Kier alpha value is -0.610. The lowest BCUT2D eigenvalue weighted by molar-refractivity contribution is -0.148. The van der Waals surface area contributed by atoms with Crippen LogP contribution < -0.4 is 5.32 Å². The summed E-state index contributed by atoms with van der Waals surface area (Å²) in [6.07, 6.45) is 2.33. The van der Waals surface area contributed by atoms with Gasteiger partial charge in [-0.3, -0.25) is 10.1 Å². The smallest absolute Gasteiger partial charge is 0.327 e. The van der Waals surface area contributed by atoms with Gasteiger partial charge in [0.25, 0.3) is 0 Å². The Morgan fingerprint density at radius 3 is 2.53 bits per heavy atom. The van der Waals surface area contributed by atoms with Crippen LogP contribution in [0.3, 0.4) is 0 Å². The van der Waals surface area contributed by atoms with E-state index in [1.165, 1.54) is 20.0 Å². The van der Waals surface area contributed by atoms with Gasteiger partial charge in [-0.1, -0.05) is 13.8 Å². The number of hydrogen-bond donors (Lipinski definition) is 1. The van der Waals surface area contributed by atoms with Crippen molar-refractivity contribution in [1.29, 1.82) is 0 Å². The maximum absolute atomic E-state index is 11.9. The number of nitrogens with one attached hydrogen (secondary N) is 1. The van der Waals surface area contributed by atoms with Crippen molar-refractivity contribution in [3.8, 4) is 0 Å². The van der Waals surface area contributed by atoms with Gasteiger partial charge in [0.1, 0.15) is 5.54 Å². The molecule has 1 saturated carbocycles. The molecule has 0 aromatic carbocycles. The minimum absolute atomic E-state index is 0.167. The molecule has 0 aromatic heterocycles. The summed E-state index contributed by atoms with van der Waals surface area (Å²) in [5, 5.41) is 3.41. The first-order chi connectivity index (χ1) is 7.87. The highest BCUT2D eigenvalue weighted by Crippen LogP contribution is 2.23. The van der Waals surface area contributed by atoms with E-state index in [1.807, 2.05) is 6.92 Å². The molecule has 4 heteroatoms. The monoisotopic (exact) mass is 242 g/mol. The topological polar surface area (TPSA) is 41.6 Å². The first-order valence-corrected chi connectivity index (χ1v) is 6.42. The lowest BCUT2D eigenvalue weighted by atomic mass is 10.0. The Morgan fingerprint density at radius 1 is 1.53 bits per heavy atom. The van der Waals surface area contributed by atoms with E-state index in [-0.39, 0.29) is 5.97 Å². The van der Waals surface area contributed by atoms with Crippen molar-refractivity contribution in [2.24, 2.45) is 5.92 Å². The van der Waals surface area contributed by atoms with Gasteiger partial charge in [-0.05, 0) is 32.7 Å². The molecular formula is C13H26N2O2. The molecule has 1 rings (SSSR count). The van der Waals surface area contributed by atoms with Crippen molar-refractivity contribution in [2.45, 2.75) is 45.2 Å². The summed E-state index contributed by atoms with van der Waals surface area (Å²) in [6, 6.07) is 0.492. The zero-order valence-electron chi connectivity index (χ0n) is 11.7. The number of carbonyl (C=O) groups is 1. The zero-order chi connectivity index (χ0) is 13.1. The third kappa shape index (κ3) is 4.64. The number of ether oxygens (including phenoxy) is 1. The summed E-state index contributed by atoms with van der Waals surface area (Å²) in [4.78, 5) is 14.1. The standard InChI is InChI=1S/C13H26N2O2/c1-10(2)8-15(4)9-13(3,12(16)17-5)14-11-6-7-11/h10-11,14H,6-9H2,1-5H3. The Kier molecular flexibility index (Phi) is 4.95. The second-order valence-electron chi connectivity index (χ2n) is 5.83. The van der Waals surface area contributed by atoms with Gasteiger partial charge in [-0.2, -0.15) is 0 Å². The molecule has 0 bridgehead atoms. The van der Waals surface area contributed by atoms with E-state index in [1.54, 1.807) is 0 Å². The third-order valence-electron chi connectivity index (χ3n) is 3.00. The number of nitrogens with zero attached hydrogens (tertiary/aromatic N) is 1. The fourth-order valence-corrected chi connectivity index (χ4v) is 2.30. The number of methoxy groups -OCH3 is 1. The van der Waals surface area contributed by atoms with E-state index >= 15 is 0 Å². The SMILES string of the molecule is COC(=O)C(C)(CN(C)CC(C)C)NC1CC1. The predicted molar refractivity (Wildman–Crippen MR) is 68.9 cm³/mol. The van der Waals surface area contributed by atoms with Crippen molar-refractivity contribution < 1.29 is 9.53 Å². The quantitative estimate of drug-likeness (QED) is 0.682. The summed E-state index contributed by atoms with van der Waals surface area (Å²) in [7, 11) is 3.51. The highest BCUT2D eigenvalue weighted by atomic mass is 16.5. The first kappa shape index (κ1) is 14.5. The van der Waals surface area contributed by atoms with E-state index in [2.05, 4.69) is 31.1 Å². The van der Waals surface area contributed by atoms with Crippen molar-refractivity contribution in [1.82, 2.24) is 10.2 Å². The molecule has 1 aliphatic carbocycles.